The van der Waals surface area contributed by atoms with Crippen LogP contribution in [0.25, 0.3) is 11.1 Å². The molecule has 1 aliphatic heterocycles. The molecule has 2 heterocycles. The number of phenolic OH excluding ortho intramolecular Hbond substituents is 1. The van der Waals surface area contributed by atoms with Crippen LogP contribution in [0.4, 0.5) is 5.82 Å². The molecule has 21 heavy (non-hydrogen) atoms. The van der Waals surface area contributed by atoms with E-state index in [0.717, 1.165) is 48.8 Å². The molecule has 0 atom stereocenters. The van der Waals surface area contributed by atoms with E-state index in [0.29, 0.717) is 5.75 Å². The van der Waals surface area contributed by atoms with Crippen molar-refractivity contribution in [3.8, 4) is 16.9 Å². The van der Waals surface area contributed by atoms with E-state index in [-0.39, 0.29) is 0 Å². The van der Waals surface area contributed by atoms with E-state index >= 15 is 0 Å². The molecule has 110 valence electrons. The monoisotopic (exact) mass is 284 g/mol. The minimum absolute atomic E-state index is 0.327. The molecule has 0 bridgehead atoms. The summed E-state index contributed by atoms with van der Waals surface area (Å²) in [4.78, 5) is 6.91. The Morgan fingerprint density at radius 3 is 2.43 bits per heavy atom. The van der Waals surface area contributed by atoms with Gasteiger partial charge in [0.25, 0.3) is 0 Å². The second-order valence-corrected chi connectivity index (χ2v) is 5.47. The Morgan fingerprint density at radius 2 is 1.76 bits per heavy atom. The third-order valence-electron chi connectivity index (χ3n) is 3.89. The number of nitrogens with zero attached hydrogens (tertiary/aromatic N) is 2. The summed E-state index contributed by atoms with van der Waals surface area (Å²) in [6.45, 7) is 7.31. The van der Waals surface area contributed by atoms with Crippen molar-refractivity contribution in [3.63, 3.8) is 0 Å². The molecule has 1 aromatic heterocycles. The van der Waals surface area contributed by atoms with Gasteiger partial charge in [-0.15, -0.1) is 0 Å². The number of benzene rings is 1. The molecule has 1 fully saturated rings. The number of ether oxygens (including phenoxy) is 1. The van der Waals surface area contributed by atoms with Crippen molar-refractivity contribution in [1.29, 1.82) is 0 Å². The maximum atomic E-state index is 9.63. The first kappa shape index (κ1) is 13.9. The van der Waals surface area contributed by atoms with Crippen LogP contribution < -0.4 is 4.90 Å². The van der Waals surface area contributed by atoms with Gasteiger partial charge in [0.15, 0.2) is 0 Å². The van der Waals surface area contributed by atoms with Crippen molar-refractivity contribution in [3.05, 3.63) is 41.6 Å². The highest BCUT2D eigenvalue weighted by Gasteiger charge is 2.15. The fourth-order valence-corrected chi connectivity index (χ4v) is 2.67. The Morgan fingerprint density at radius 1 is 1.05 bits per heavy atom. The van der Waals surface area contributed by atoms with Crippen LogP contribution in [0.5, 0.6) is 5.75 Å². The number of aryl methyl sites for hydroxylation is 2. The Hall–Kier alpha value is -2.07. The van der Waals surface area contributed by atoms with Gasteiger partial charge >= 0.3 is 0 Å². The largest absolute Gasteiger partial charge is 0.508 e. The average Bonchev–Trinajstić information content (AvgIpc) is 2.51. The lowest BCUT2D eigenvalue weighted by Gasteiger charge is -2.29. The van der Waals surface area contributed by atoms with Crippen LogP contribution >= 0.6 is 0 Å². The second-order valence-electron chi connectivity index (χ2n) is 5.47. The van der Waals surface area contributed by atoms with Gasteiger partial charge < -0.3 is 14.7 Å². The summed E-state index contributed by atoms with van der Waals surface area (Å²) < 4.78 is 5.39. The van der Waals surface area contributed by atoms with Gasteiger partial charge in [-0.05, 0) is 48.7 Å². The summed E-state index contributed by atoms with van der Waals surface area (Å²) in [5.74, 6) is 1.37. The molecule has 0 aliphatic carbocycles. The van der Waals surface area contributed by atoms with Gasteiger partial charge in [-0.1, -0.05) is 6.07 Å². The van der Waals surface area contributed by atoms with Gasteiger partial charge in [0.1, 0.15) is 11.6 Å². The lowest BCUT2D eigenvalue weighted by molar-refractivity contribution is 0.122. The quantitative estimate of drug-likeness (QED) is 0.921. The number of aromatic hydroxyl groups is 1. The third kappa shape index (κ3) is 2.85. The summed E-state index contributed by atoms with van der Waals surface area (Å²) in [7, 11) is 0. The second kappa shape index (κ2) is 5.74. The van der Waals surface area contributed by atoms with Crippen LogP contribution in [-0.4, -0.2) is 36.4 Å². The number of aromatic nitrogens is 1. The fraction of sp³-hybridized carbons (Fsp3) is 0.353. The fourth-order valence-electron chi connectivity index (χ4n) is 2.67. The van der Waals surface area contributed by atoms with Crippen LogP contribution in [0.3, 0.4) is 0 Å². The van der Waals surface area contributed by atoms with Crippen molar-refractivity contribution in [2.75, 3.05) is 31.2 Å². The number of pyridine rings is 1. The molecule has 0 amide bonds. The number of hydrogen-bond acceptors (Lipinski definition) is 4. The van der Waals surface area contributed by atoms with E-state index in [9.17, 15) is 5.11 Å². The normalized spacial score (nSPS) is 15.2. The standard InChI is InChI=1S/C17H20N2O2/c1-12-9-14(3-4-16(12)20)15-10-13(2)17(18-11-15)19-5-7-21-8-6-19/h3-4,9-11,20H,5-8H2,1-2H3. The Kier molecular flexibility index (Phi) is 3.80. The van der Waals surface area contributed by atoms with Gasteiger partial charge in [0.05, 0.1) is 13.2 Å². The molecular formula is C17H20N2O2. The van der Waals surface area contributed by atoms with E-state index in [2.05, 4.69) is 22.9 Å². The molecule has 4 heteroatoms. The van der Waals surface area contributed by atoms with E-state index in [1.165, 1.54) is 5.56 Å². The number of hydrogen-bond donors (Lipinski definition) is 1. The number of anilines is 1. The minimum atomic E-state index is 0.327. The van der Waals surface area contributed by atoms with E-state index in [1.807, 2.05) is 25.3 Å². The summed E-state index contributed by atoms with van der Waals surface area (Å²) >= 11 is 0. The molecule has 1 aliphatic rings. The summed E-state index contributed by atoms with van der Waals surface area (Å²) in [6.07, 6.45) is 1.91. The zero-order valence-corrected chi connectivity index (χ0v) is 12.5. The molecule has 0 saturated carbocycles. The Bertz CT molecular complexity index is 649. The van der Waals surface area contributed by atoms with Gasteiger partial charge in [-0.25, -0.2) is 4.98 Å². The molecule has 2 aromatic rings. The zero-order chi connectivity index (χ0) is 14.8. The Balaban J connectivity index is 1.91. The molecule has 0 spiro atoms. The van der Waals surface area contributed by atoms with Crippen LogP contribution in [0, 0.1) is 13.8 Å². The smallest absolute Gasteiger partial charge is 0.131 e. The molecule has 3 rings (SSSR count). The van der Waals surface area contributed by atoms with Crippen LogP contribution in [0.15, 0.2) is 30.5 Å². The average molecular weight is 284 g/mol. The molecule has 1 aromatic carbocycles. The molecule has 0 radical (unpaired) electrons. The molecule has 4 nitrogen and oxygen atoms in total. The predicted molar refractivity (Wildman–Crippen MR) is 83.8 cm³/mol. The number of morpholine rings is 1. The van der Waals surface area contributed by atoms with Gasteiger partial charge in [0.2, 0.25) is 0 Å². The molecular weight excluding hydrogens is 264 g/mol. The molecule has 0 unspecified atom stereocenters. The maximum Gasteiger partial charge on any atom is 0.131 e. The lowest BCUT2D eigenvalue weighted by atomic mass is 10.0. The van der Waals surface area contributed by atoms with Gasteiger partial charge in [-0.3, -0.25) is 0 Å². The first-order valence-corrected chi connectivity index (χ1v) is 7.24. The van der Waals surface area contributed by atoms with Gasteiger partial charge in [0, 0.05) is 24.8 Å². The number of phenols is 1. The van der Waals surface area contributed by atoms with Crippen molar-refractivity contribution < 1.29 is 9.84 Å². The van der Waals surface area contributed by atoms with E-state index in [4.69, 9.17) is 4.74 Å². The van der Waals surface area contributed by atoms with Crippen LogP contribution in [0.1, 0.15) is 11.1 Å². The molecule has 1 N–H and O–H groups in total. The van der Waals surface area contributed by atoms with Crippen LogP contribution in [0.2, 0.25) is 0 Å². The summed E-state index contributed by atoms with van der Waals surface area (Å²) in [5.41, 5.74) is 4.20. The van der Waals surface area contributed by atoms with Crippen LogP contribution in [-0.2, 0) is 4.74 Å². The highest BCUT2D eigenvalue weighted by Crippen LogP contribution is 2.28. The van der Waals surface area contributed by atoms with Crippen molar-refractivity contribution in [1.82, 2.24) is 4.98 Å². The van der Waals surface area contributed by atoms with Crippen molar-refractivity contribution >= 4 is 5.82 Å². The highest BCUT2D eigenvalue weighted by molar-refractivity contribution is 5.67. The topological polar surface area (TPSA) is 45.6 Å². The first-order chi connectivity index (χ1) is 10.1. The predicted octanol–water partition coefficient (Wildman–Crippen LogP) is 2.91. The van der Waals surface area contributed by atoms with Crippen molar-refractivity contribution in [2.45, 2.75) is 13.8 Å². The Labute approximate surface area is 125 Å². The van der Waals surface area contributed by atoms with Crippen molar-refractivity contribution in [2.24, 2.45) is 0 Å². The van der Waals surface area contributed by atoms with Gasteiger partial charge in [-0.2, -0.15) is 0 Å². The SMILES string of the molecule is Cc1cc(-c2cnc(N3CCOCC3)c(C)c2)ccc1O. The molecule has 1 saturated heterocycles. The number of rotatable bonds is 2. The lowest BCUT2D eigenvalue weighted by Crippen LogP contribution is -2.37. The zero-order valence-electron chi connectivity index (χ0n) is 12.5. The maximum absolute atomic E-state index is 9.63. The highest BCUT2D eigenvalue weighted by atomic mass is 16.5. The first-order valence-electron chi connectivity index (χ1n) is 7.24. The minimum Gasteiger partial charge on any atom is -0.508 e. The summed E-state index contributed by atoms with van der Waals surface area (Å²) in [5, 5.41) is 9.63. The van der Waals surface area contributed by atoms with E-state index < -0.39 is 0 Å². The third-order valence-corrected chi connectivity index (χ3v) is 3.89. The van der Waals surface area contributed by atoms with E-state index in [1.54, 1.807) is 6.07 Å². The summed E-state index contributed by atoms with van der Waals surface area (Å²) in [6, 6.07) is 7.80.